The van der Waals surface area contributed by atoms with E-state index >= 15 is 0 Å². The summed E-state index contributed by atoms with van der Waals surface area (Å²) in [4.78, 5) is 2.45. The van der Waals surface area contributed by atoms with E-state index in [1.807, 2.05) is 36.4 Å². The highest BCUT2D eigenvalue weighted by Crippen LogP contribution is 2.59. The lowest BCUT2D eigenvalue weighted by molar-refractivity contribution is 0.768. The standard InChI is InChI=1S/C72H51N3/c73-70(56-28-13-4-14-29-56)68(55-26-11-3-12-27-55)71-62-47-46-61(48-57(62)49-66(74-71)54-24-9-2-10-25-54)75(60-44-42-53(43-45-60)52-40-38-51(39-41-52)50-22-7-1-8-23-50)67-37-21-36-65-69(67)63-34-19-20-35-64(63)72(65,58-30-15-5-16-31-58)59-32-17-6-18-33-59/h1-49,73-74H/b71-68-,73-70?. The monoisotopic (exact) mass is 957 g/mol. The Bertz CT molecular complexity index is 3880. The van der Waals surface area contributed by atoms with Crippen LogP contribution in [0.15, 0.2) is 291 Å². The van der Waals surface area contributed by atoms with Crippen LogP contribution in [0.5, 0.6) is 0 Å². The maximum absolute atomic E-state index is 9.90. The molecule has 0 atom stereocenters. The molecule has 0 radical (unpaired) electrons. The Kier molecular flexibility index (Phi) is 11.6. The van der Waals surface area contributed by atoms with Gasteiger partial charge in [-0.2, -0.15) is 0 Å². The second-order valence-electron chi connectivity index (χ2n) is 19.2. The summed E-state index contributed by atoms with van der Waals surface area (Å²) in [6, 6.07) is 104. The zero-order valence-corrected chi connectivity index (χ0v) is 41.2. The number of allylic oxidation sites excluding steroid dienone is 1. The minimum absolute atomic E-state index is 0.448. The fraction of sp³-hybridized carbons (Fsp3) is 0.0139. The third-order valence-electron chi connectivity index (χ3n) is 15.0. The molecule has 3 nitrogen and oxygen atoms in total. The maximum Gasteiger partial charge on any atom is 0.0714 e. The summed E-state index contributed by atoms with van der Waals surface area (Å²) in [7, 11) is 0. The Hall–Kier alpha value is -9.83. The summed E-state index contributed by atoms with van der Waals surface area (Å²) in [5.41, 5.74) is 22.7. The molecule has 1 aliphatic heterocycles. The quantitative estimate of drug-likeness (QED) is 0.127. The van der Waals surface area contributed by atoms with Gasteiger partial charge in [0.15, 0.2) is 0 Å². The van der Waals surface area contributed by atoms with E-state index in [4.69, 9.17) is 0 Å². The summed E-state index contributed by atoms with van der Waals surface area (Å²) in [5.74, 6) is 0. The van der Waals surface area contributed by atoms with Gasteiger partial charge in [0.1, 0.15) is 0 Å². The van der Waals surface area contributed by atoms with Crippen LogP contribution in [0.1, 0.15) is 50.1 Å². The van der Waals surface area contributed by atoms with Crippen LogP contribution in [-0.2, 0) is 5.41 Å². The molecule has 11 aromatic rings. The molecule has 1 heterocycles. The smallest absolute Gasteiger partial charge is 0.0714 e. The second-order valence-corrected chi connectivity index (χ2v) is 19.2. The van der Waals surface area contributed by atoms with Gasteiger partial charge >= 0.3 is 0 Å². The molecular formula is C72H51N3. The first-order valence-corrected chi connectivity index (χ1v) is 25.7. The molecule has 0 spiro atoms. The number of hydrogen-bond acceptors (Lipinski definition) is 3. The Labute approximate surface area is 439 Å². The highest BCUT2D eigenvalue weighted by molar-refractivity contribution is 6.36. The number of nitrogens with zero attached hydrogens (tertiary/aromatic N) is 1. The number of nitrogens with one attached hydrogen (secondary N) is 2. The fourth-order valence-corrected chi connectivity index (χ4v) is 11.5. The van der Waals surface area contributed by atoms with Crippen molar-refractivity contribution in [3.63, 3.8) is 0 Å². The number of fused-ring (bicyclic) bond motifs is 4. The van der Waals surface area contributed by atoms with E-state index in [1.54, 1.807) is 0 Å². The van der Waals surface area contributed by atoms with Gasteiger partial charge in [0.05, 0.1) is 22.5 Å². The number of anilines is 3. The van der Waals surface area contributed by atoms with Gasteiger partial charge in [-0.05, 0) is 103 Å². The molecule has 11 aromatic carbocycles. The average molecular weight is 958 g/mol. The summed E-state index contributed by atoms with van der Waals surface area (Å²) in [6.07, 6.45) is 2.27. The molecule has 0 unspecified atom stereocenters. The second kappa shape index (κ2) is 19.3. The Balaban J connectivity index is 1.04. The van der Waals surface area contributed by atoms with Crippen molar-refractivity contribution in [3.05, 3.63) is 341 Å². The van der Waals surface area contributed by atoms with Crippen LogP contribution in [0.2, 0.25) is 0 Å². The molecule has 0 saturated heterocycles. The number of rotatable bonds is 11. The molecule has 354 valence electrons. The predicted molar refractivity (Wildman–Crippen MR) is 313 cm³/mol. The minimum Gasteiger partial charge on any atom is -0.354 e. The summed E-state index contributed by atoms with van der Waals surface area (Å²) >= 11 is 0. The fourth-order valence-electron chi connectivity index (χ4n) is 11.5. The van der Waals surface area contributed by atoms with Gasteiger partial charge in [-0.25, -0.2) is 0 Å². The van der Waals surface area contributed by atoms with Crippen LogP contribution in [-0.4, -0.2) is 5.71 Å². The first-order valence-electron chi connectivity index (χ1n) is 25.7. The highest BCUT2D eigenvalue weighted by Gasteiger charge is 2.47. The third-order valence-corrected chi connectivity index (χ3v) is 15.0. The largest absolute Gasteiger partial charge is 0.354 e. The van der Waals surface area contributed by atoms with Crippen molar-refractivity contribution >= 4 is 45.8 Å². The van der Waals surface area contributed by atoms with Crippen LogP contribution >= 0.6 is 0 Å². The molecule has 0 saturated carbocycles. The van der Waals surface area contributed by atoms with E-state index in [9.17, 15) is 5.41 Å². The summed E-state index contributed by atoms with van der Waals surface area (Å²) in [5, 5.41) is 13.8. The molecule has 0 aromatic heterocycles. The van der Waals surface area contributed by atoms with E-state index in [-0.39, 0.29) is 0 Å². The van der Waals surface area contributed by atoms with Crippen LogP contribution in [0, 0.1) is 5.41 Å². The molecule has 0 bridgehead atoms. The minimum atomic E-state index is -0.572. The molecule has 2 aliphatic rings. The van der Waals surface area contributed by atoms with Crippen LogP contribution in [0.3, 0.4) is 0 Å². The third kappa shape index (κ3) is 7.99. The van der Waals surface area contributed by atoms with Crippen molar-refractivity contribution in [2.45, 2.75) is 5.41 Å². The normalized spacial score (nSPS) is 13.6. The molecule has 13 rings (SSSR count). The van der Waals surface area contributed by atoms with Gasteiger partial charge in [-0.3, -0.25) is 5.41 Å². The summed E-state index contributed by atoms with van der Waals surface area (Å²) in [6.45, 7) is 0. The first-order chi connectivity index (χ1) is 37.1. The topological polar surface area (TPSA) is 39.1 Å². The van der Waals surface area contributed by atoms with Crippen molar-refractivity contribution in [1.29, 1.82) is 5.41 Å². The van der Waals surface area contributed by atoms with Crippen molar-refractivity contribution in [2.75, 3.05) is 4.90 Å². The molecule has 75 heavy (non-hydrogen) atoms. The molecule has 2 N–H and O–H groups in total. The van der Waals surface area contributed by atoms with Crippen LogP contribution in [0.4, 0.5) is 17.1 Å². The lowest BCUT2D eigenvalue weighted by Crippen LogP contribution is -2.28. The SMILES string of the molecule is N=C(/C(=C1\NC(c2ccccc2)=Cc2cc(N(c3ccc(-c4ccc(-c5ccccc5)cc4)cc3)c3cccc4c3-c3ccccc3C4(c3ccccc3)c3ccccc3)ccc21)c1ccccc1)c1ccccc1. The van der Waals surface area contributed by atoms with Crippen LogP contribution in [0.25, 0.3) is 56.4 Å². The van der Waals surface area contributed by atoms with Gasteiger partial charge in [-0.15, -0.1) is 0 Å². The molecule has 3 heteroatoms. The van der Waals surface area contributed by atoms with E-state index in [0.29, 0.717) is 5.71 Å². The Morgan fingerprint density at radius 2 is 0.840 bits per heavy atom. The number of benzene rings is 11. The van der Waals surface area contributed by atoms with Crippen molar-refractivity contribution in [3.8, 4) is 33.4 Å². The maximum atomic E-state index is 9.90. The Morgan fingerprint density at radius 3 is 1.44 bits per heavy atom. The van der Waals surface area contributed by atoms with Gasteiger partial charge in [0, 0.05) is 39.3 Å². The van der Waals surface area contributed by atoms with Gasteiger partial charge < -0.3 is 10.2 Å². The zero-order chi connectivity index (χ0) is 50.1. The van der Waals surface area contributed by atoms with Crippen molar-refractivity contribution in [1.82, 2.24) is 5.32 Å². The predicted octanol–water partition coefficient (Wildman–Crippen LogP) is 17.9. The Morgan fingerprint density at radius 1 is 0.373 bits per heavy atom. The van der Waals surface area contributed by atoms with Gasteiger partial charge in [-0.1, -0.05) is 261 Å². The lowest BCUT2D eigenvalue weighted by Gasteiger charge is -2.34. The lowest BCUT2D eigenvalue weighted by atomic mass is 9.68. The molecule has 1 aliphatic carbocycles. The molecule has 0 fully saturated rings. The van der Waals surface area contributed by atoms with Crippen molar-refractivity contribution in [2.24, 2.45) is 0 Å². The van der Waals surface area contributed by atoms with E-state index in [1.165, 1.54) is 44.5 Å². The van der Waals surface area contributed by atoms with E-state index in [2.05, 4.69) is 271 Å². The van der Waals surface area contributed by atoms with E-state index < -0.39 is 5.41 Å². The molecular weight excluding hydrogens is 907 g/mol. The van der Waals surface area contributed by atoms with E-state index in [0.717, 1.165) is 73.0 Å². The van der Waals surface area contributed by atoms with Crippen LogP contribution < -0.4 is 10.2 Å². The van der Waals surface area contributed by atoms with Crippen molar-refractivity contribution < 1.29 is 0 Å². The average Bonchev–Trinajstić information content (AvgIpc) is 3.84. The van der Waals surface area contributed by atoms with Gasteiger partial charge in [0.2, 0.25) is 0 Å². The molecule has 0 amide bonds. The summed E-state index contributed by atoms with van der Waals surface area (Å²) < 4.78 is 0. The van der Waals surface area contributed by atoms with Gasteiger partial charge in [0.25, 0.3) is 0 Å². The number of hydrogen-bond donors (Lipinski definition) is 2. The first kappa shape index (κ1) is 45.1. The zero-order valence-electron chi connectivity index (χ0n) is 41.2. The highest BCUT2D eigenvalue weighted by atomic mass is 15.1.